The third kappa shape index (κ3) is 3.81. The summed E-state index contributed by atoms with van der Waals surface area (Å²) in [6.45, 7) is 1.67. The van der Waals surface area contributed by atoms with E-state index in [2.05, 4.69) is 15.2 Å². The Morgan fingerprint density at radius 1 is 1.38 bits per heavy atom. The van der Waals surface area contributed by atoms with Gasteiger partial charge in [0.15, 0.2) is 11.5 Å². The van der Waals surface area contributed by atoms with Gasteiger partial charge in [0, 0.05) is 24.8 Å². The maximum absolute atomic E-state index is 12.9. The Balaban J connectivity index is 2.21. The molecule has 0 saturated heterocycles. The molecule has 1 N–H and O–H groups in total. The van der Waals surface area contributed by atoms with Gasteiger partial charge >= 0.3 is 6.18 Å². The zero-order valence-electron chi connectivity index (χ0n) is 11.4. The van der Waals surface area contributed by atoms with Crippen LogP contribution in [-0.2, 0) is 25.6 Å². The van der Waals surface area contributed by atoms with E-state index in [1.54, 1.807) is 0 Å². The molecule has 0 aliphatic rings. The summed E-state index contributed by atoms with van der Waals surface area (Å²) in [5.41, 5.74) is -0.883. The van der Waals surface area contributed by atoms with Crippen molar-refractivity contribution in [2.45, 2.75) is 38.9 Å². The molecule has 0 aliphatic heterocycles. The van der Waals surface area contributed by atoms with Crippen molar-refractivity contribution in [1.29, 1.82) is 0 Å². The Hall–Kier alpha value is -1.90. The van der Waals surface area contributed by atoms with E-state index in [0.29, 0.717) is 12.3 Å². The monoisotopic (exact) mass is 304 g/mol. The number of hydrogen-bond acceptors (Lipinski definition) is 5. The van der Waals surface area contributed by atoms with Crippen molar-refractivity contribution < 1.29 is 22.8 Å². The van der Waals surface area contributed by atoms with Crippen molar-refractivity contribution in [1.82, 2.24) is 19.9 Å². The highest BCUT2D eigenvalue weighted by Gasteiger charge is 2.36. The first kappa shape index (κ1) is 15.5. The molecule has 0 bridgehead atoms. The topological polar surface area (TPSA) is 77.0 Å². The molecule has 0 saturated carbocycles. The van der Waals surface area contributed by atoms with E-state index in [0.717, 1.165) is 4.68 Å². The van der Waals surface area contributed by atoms with Crippen LogP contribution in [0.5, 0.6) is 0 Å². The summed E-state index contributed by atoms with van der Waals surface area (Å²) in [6, 6.07) is 0. The van der Waals surface area contributed by atoms with E-state index in [9.17, 15) is 13.2 Å². The lowest BCUT2D eigenvalue weighted by atomic mass is 10.1. The van der Waals surface area contributed by atoms with Gasteiger partial charge in [-0.2, -0.15) is 23.3 Å². The van der Waals surface area contributed by atoms with Crippen molar-refractivity contribution in [3.05, 3.63) is 29.2 Å². The van der Waals surface area contributed by atoms with Gasteiger partial charge in [-0.25, -0.2) is 0 Å². The molecule has 0 spiro atoms. The number of aliphatic hydroxyl groups is 1. The normalized spacial score (nSPS) is 12.0. The van der Waals surface area contributed by atoms with Crippen LogP contribution in [-0.4, -0.2) is 31.6 Å². The first-order valence-corrected chi connectivity index (χ1v) is 6.50. The zero-order chi connectivity index (χ0) is 15.5. The van der Waals surface area contributed by atoms with Crippen LogP contribution in [0.3, 0.4) is 0 Å². The van der Waals surface area contributed by atoms with Crippen LogP contribution in [0.25, 0.3) is 0 Å². The third-order valence-corrected chi connectivity index (χ3v) is 2.83. The van der Waals surface area contributed by atoms with E-state index >= 15 is 0 Å². The number of alkyl halides is 3. The summed E-state index contributed by atoms with van der Waals surface area (Å²) in [4.78, 5) is 4.03. The highest BCUT2D eigenvalue weighted by molar-refractivity contribution is 5.20. The minimum absolute atomic E-state index is 0.00566. The summed E-state index contributed by atoms with van der Waals surface area (Å²) >= 11 is 0. The lowest BCUT2D eigenvalue weighted by molar-refractivity contribution is -0.142. The highest BCUT2D eigenvalue weighted by atomic mass is 19.4. The van der Waals surface area contributed by atoms with E-state index in [-0.39, 0.29) is 37.4 Å². The van der Waals surface area contributed by atoms with Crippen LogP contribution in [0.1, 0.15) is 36.3 Å². The van der Waals surface area contributed by atoms with Gasteiger partial charge in [0.1, 0.15) is 6.54 Å². The highest BCUT2D eigenvalue weighted by Crippen LogP contribution is 2.31. The second-order valence-corrected chi connectivity index (χ2v) is 4.48. The molecule has 2 aromatic heterocycles. The van der Waals surface area contributed by atoms with Crippen molar-refractivity contribution in [2.24, 2.45) is 0 Å². The fourth-order valence-electron chi connectivity index (χ4n) is 1.88. The maximum atomic E-state index is 12.9. The summed E-state index contributed by atoms with van der Waals surface area (Å²) in [5.74, 6) is 0.700. The second kappa shape index (κ2) is 6.25. The number of rotatable bonds is 6. The van der Waals surface area contributed by atoms with Crippen molar-refractivity contribution >= 4 is 0 Å². The molecular formula is C12H15F3N4O2. The van der Waals surface area contributed by atoms with Crippen LogP contribution < -0.4 is 0 Å². The molecule has 2 heterocycles. The van der Waals surface area contributed by atoms with E-state index < -0.39 is 11.9 Å². The maximum Gasteiger partial charge on any atom is 0.435 e. The van der Waals surface area contributed by atoms with Gasteiger partial charge in [-0.1, -0.05) is 12.1 Å². The van der Waals surface area contributed by atoms with Crippen LogP contribution in [0, 0.1) is 0 Å². The number of aryl methyl sites for hydroxylation is 2. The van der Waals surface area contributed by atoms with Gasteiger partial charge < -0.3 is 9.63 Å². The van der Waals surface area contributed by atoms with Crippen molar-refractivity contribution in [2.75, 3.05) is 6.61 Å². The molecule has 116 valence electrons. The SMILES string of the molecule is CCc1nc(Cn2cc(CCCO)c(C(F)(F)F)n2)no1. The summed E-state index contributed by atoms with van der Waals surface area (Å²) < 4.78 is 44.7. The largest absolute Gasteiger partial charge is 0.435 e. The van der Waals surface area contributed by atoms with Gasteiger partial charge in [0.2, 0.25) is 5.89 Å². The molecule has 2 aromatic rings. The first-order chi connectivity index (χ1) is 9.94. The fraction of sp³-hybridized carbons (Fsp3) is 0.583. The molecule has 2 rings (SSSR count). The lowest BCUT2D eigenvalue weighted by Gasteiger charge is -2.04. The molecule has 21 heavy (non-hydrogen) atoms. The van der Waals surface area contributed by atoms with Crippen molar-refractivity contribution in [3.8, 4) is 0 Å². The minimum Gasteiger partial charge on any atom is -0.396 e. The molecule has 0 amide bonds. The smallest absolute Gasteiger partial charge is 0.396 e. The van der Waals surface area contributed by atoms with E-state index in [4.69, 9.17) is 9.63 Å². The quantitative estimate of drug-likeness (QED) is 0.881. The number of nitrogens with zero attached hydrogens (tertiary/aromatic N) is 4. The number of aromatic nitrogens is 4. The van der Waals surface area contributed by atoms with Crippen LogP contribution in [0.2, 0.25) is 0 Å². The molecule has 0 fully saturated rings. The Bertz CT molecular complexity index is 592. The first-order valence-electron chi connectivity index (χ1n) is 6.50. The number of halogens is 3. The fourth-order valence-corrected chi connectivity index (χ4v) is 1.88. The van der Waals surface area contributed by atoms with Crippen molar-refractivity contribution in [3.63, 3.8) is 0 Å². The van der Waals surface area contributed by atoms with Gasteiger partial charge in [-0.15, -0.1) is 0 Å². The number of hydrogen-bond donors (Lipinski definition) is 1. The predicted octanol–water partition coefficient (Wildman–Crippen LogP) is 1.82. The predicted molar refractivity (Wildman–Crippen MR) is 65.4 cm³/mol. The third-order valence-electron chi connectivity index (χ3n) is 2.83. The summed E-state index contributed by atoms with van der Waals surface area (Å²) in [5, 5.41) is 16.0. The minimum atomic E-state index is -4.53. The van der Waals surface area contributed by atoms with E-state index in [1.807, 2.05) is 6.92 Å². The molecule has 0 aliphatic carbocycles. The van der Waals surface area contributed by atoms with E-state index in [1.165, 1.54) is 6.20 Å². The Morgan fingerprint density at radius 3 is 2.71 bits per heavy atom. The molecule has 9 heteroatoms. The zero-order valence-corrected chi connectivity index (χ0v) is 11.4. The summed E-state index contributed by atoms with van der Waals surface area (Å²) in [6.07, 6.45) is -2.31. The second-order valence-electron chi connectivity index (χ2n) is 4.48. The Labute approximate surface area is 118 Å². The molecule has 0 atom stereocenters. The molecule has 0 unspecified atom stereocenters. The van der Waals surface area contributed by atoms with Gasteiger partial charge in [0.05, 0.1) is 0 Å². The molecule has 0 aromatic carbocycles. The van der Waals surface area contributed by atoms with Crippen LogP contribution in [0.15, 0.2) is 10.7 Å². The number of aliphatic hydroxyl groups excluding tert-OH is 1. The average Bonchev–Trinajstić information content (AvgIpc) is 3.03. The van der Waals surface area contributed by atoms with Crippen LogP contribution in [0.4, 0.5) is 13.2 Å². The van der Waals surface area contributed by atoms with Gasteiger partial charge in [0.25, 0.3) is 0 Å². The average molecular weight is 304 g/mol. The van der Waals surface area contributed by atoms with Gasteiger partial charge in [-0.3, -0.25) is 4.68 Å². The molecular weight excluding hydrogens is 289 g/mol. The summed E-state index contributed by atoms with van der Waals surface area (Å²) in [7, 11) is 0. The molecule has 0 radical (unpaired) electrons. The van der Waals surface area contributed by atoms with Gasteiger partial charge in [-0.05, 0) is 12.8 Å². The lowest BCUT2D eigenvalue weighted by Crippen LogP contribution is -2.11. The molecule has 6 nitrogen and oxygen atoms in total. The van der Waals surface area contributed by atoms with Crippen LogP contribution >= 0.6 is 0 Å². The standard InChI is InChI=1S/C12H15F3N4O2/c1-2-10-16-9(18-21-10)7-19-6-8(4-3-5-20)11(17-19)12(13,14)15/h6,20H,2-5,7H2,1H3. The Kier molecular flexibility index (Phi) is 4.61. The Morgan fingerprint density at radius 2 is 2.14 bits per heavy atom.